The Morgan fingerprint density at radius 2 is 2.11 bits per heavy atom. The van der Waals surface area contributed by atoms with E-state index >= 15 is 0 Å². The lowest BCUT2D eigenvalue weighted by Crippen LogP contribution is -2.44. The monoisotopic (exact) mass is 505 g/mol. The van der Waals surface area contributed by atoms with Gasteiger partial charge in [0, 0.05) is 33.2 Å². The summed E-state index contributed by atoms with van der Waals surface area (Å²) in [5.41, 5.74) is 1.22. The second kappa shape index (κ2) is 11.6. The molecule has 3 rings (SSSR count). The number of aromatic nitrogens is 3. The van der Waals surface area contributed by atoms with Crippen molar-refractivity contribution in [2.24, 2.45) is 12.0 Å². The van der Waals surface area contributed by atoms with Crippen LogP contribution in [0.15, 0.2) is 21.8 Å². The third kappa shape index (κ3) is 7.01. The molecule has 0 aliphatic carbocycles. The van der Waals surface area contributed by atoms with Gasteiger partial charge >= 0.3 is 0 Å². The van der Waals surface area contributed by atoms with Crippen LogP contribution in [0, 0.1) is 6.92 Å². The van der Waals surface area contributed by atoms with Crippen LogP contribution in [0.5, 0.6) is 0 Å². The minimum absolute atomic E-state index is 0. The predicted molar refractivity (Wildman–Crippen MR) is 119 cm³/mol. The summed E-state index contributed by atoms with van der Waals surface area (Å²) in [5, 5.41) is 19.3. The van der Waals surface area contributed by atoms with E-state index in [0.717, 1.165) is 57.0 Å². The van der Waals surface area contributed by atoms with Crippen molar-refractivity contribution in [3.63, 3.8) is 0 Å². The van der Waals surface area contributed by atoms with Gasteiger partial charge in [-0.1, -0.05) is 0 Å². The molecule has 0 aromatic carbocycles. The number of nitrogens with zero attached hydrogens (tertiary/aromatic N) is 5. The van der Waals surface area contributed by atoms with Crippen molar-refractivity contribution < 1.29 is 4.74 Å². The first-order valence-electron chi connectivity index (χ1n) is 8.90. The average molecular weight is 505 g/mol. The van der Waals surface area contributed by atoms with E-state index in [9.17, 15) is 0 Å². The van der Waals surface area contributed by atoms with Gasteiger partial charge in [-0.25, -0.2) is 4.99 Å². The Morgan fingerprint density at radius 1 is 1.30 bits per heavy atom. The van der Waals surface area contributed by atoms with Gasteiger partial charge in [0.05, 0.1) is 26.3 Å². The Hall–Kier alpha value is -1.24. The molecule has 1 aliphatic rings. The lowest BCUT2D eigenvalue weighted by molar-refractivity contribution is 0.0389. The number of ether oxygens (including phenoxy) is 1. The van der Waals surface area contributed by atoms with Crippen LogP contribution in [0.4, 0.5) is 0 Å². The van der Waals surface area contributed by atoms with Gasteiger partial charge in [0.1, 0.15) is 5.82 Å². The molecule has 2 aromatic heterocycles. The first kappa shape index (κ1) is 22.1. The Kier molecular flexibility index (Phi) is 9.45. The van der Waals surface area contributed by atoms with Crippen LogP contribution in [0.25, 0.3) is 0 Å². The highest BCUT2D eigenvalue weighted by Crippen LogP contribution is 2.07. The fourth-order valence-electron chi connectivity index (χ4n) is 2.65. The van der Waals surface area contributed by atoms with Gasteiger partial charge in [0.2, 0.25) is 0 Å². The molecule has 0 spiro atoms. The van der Waals surface area contributed by atoms with Crippen molar-refractivity contribution >= 4 is 41.3 Å². The lowest BCUT2D eigenvalue weighted by Gasteiger charge is -2.26. The van der Waals surface area contributed by atoms with Gasteiger partial charge in [-0.2, -0.15) is 11.3 Å². The molecule has 27 heavy (non-hydrogen) atoms. The van der Waals surface area contributed by atoms with Crippen LogP contribution in [-0.4, -0.2) is 65.0 Å². The number of aryl methyl sites for hydroxylation is 1. The van der Waals surface area contributed by atoms with Gasteiger partial charge in [0.15, 0.2) is 11.8 Å². The van der Waals surface area contributed by atoms with Crippen LogP contribution >= 0.6 is 35.3 Å². The first-order valence-corrected chi connectivity index (χ1v) is 9.85. The van der Waals surface area contributed by atoms with E-state index in [0.29, 0.717) is 13.1 Å². The first-order chi connectivity index (χ1) is 12.7. The molecule has 0 atom stereocenters. The third-order valence-electron chi connectivity index (χ3n) is 4.42. The van der Waals surface area contributed by atoms with Gasteiger partial charge in [0.25, 0.3) is 0 Å². The normalized spacial score (nSPS) is 15.4. The molecule has 10 heteroatoms. The van der Waals surface area contributed by atoms with E-state index in [4.69, 9.17) is 9.73 Å². The third-order valence-corrected chi connectivity index (χ3v) is 5.15. The van der Waals surface area contributed by atoms with Crippen LogP contribution < -0.4 is 10.6 Å². The number of morpholine rings is 1. The highest BCUT2D eigenvalue weighted by atomic mass is 127. The van der Waals surface area contributed by atoms with Gasteiger partial charge in [-0.3, -0.25) is 4.90 Å². The predicted octanol–water partition coefficient (Wildman–Crippen LogP) is 1.37. The molecule has 1 saturated heterocycles. The van der Waals surface area contributed by atoms with Crippen LogP contribution in [-0.2, 0) is 24.9 Å². The number of thiophene rings is 1. The molecule has 3 heterocycles. The van der Waals surface area contributed by atoms with Crippen molar-refractivity contribution in [3.8, 4) is 0 Å². The highest BCUT2D eigenvalue weighted by molar-refractivity contribution is 14.0. The van der Waals surface area contributed by atoms with E-state index in [-0.39, 0.29) is 24.0 Å². The second-order valence-corrected chi connectivity index (χ2v) is 7.03. The Bertz CT molecular complexity index is 698. The summed E-state index contributed by atoms with van der Waals surface area (Å²) < 4.78 is 7.38. The van der Waals surface area contributed by atoms with Crippen molar-refractivity contribution in [2.75, 3.05) is 39.4 Å². The Morgan fingerprint density at radius 3 is 2.78 bits per heavy atom. The van der Waals surface area contributed by atoms with Crippen molar-refractivity contribution in [1.82, 2.24) is 30.3 Å². The standard InChI is InChI=1S/C17H27N7OS.HI/c1-14-21-22-16(23(14)2)12-20-17(19-11-15-3-10-26-13-15)18-4-5-24-6-8-25-9-7-24;/h3,10,13H,4-9,11-12H2,1-2H3,(H2,18,19,20);1H. The smallest absolute Gasteiger partial charge is 0.192 e. The minimum atomic E-state index is 0. The molecule has 0 radical (unpaired) electrons. The molecule has 1 aliphatic heterocycles. The highest BCUT2D eigenvalue weighted by Gasteiger charge is 2.10. The van der Waals surface area contributed by atoms with Crippen molar-refractivity contribution in [3.05, 3.63) is 34.0 Å². The topological polar surface area (TPSA) is 79.6 Å². The molecule has 0 amide bonds. The number of hydrogen-bond acceptors (Lipinski definition) is 6. The molecule has 1 fully saturated rings. The van der Waals surface area contributed by atoms with Gasteiger partial charge in [-0.15, -0.1) is 34.2 Å². The van der Waals surface area contributed by atoms with E-state index in [1.807, 2.05) is 18.5 Å². The summed E-state index contributed by atoms with van der Waals surface area (Å²) in [7, 11) is 1.97. The molecule has 2 aromatic rings. The summed E-state index contributed by atoms with van der Waals surface area (Å²) in [6.45, 7) is 8.65. The number of rotatable bonds is 7. The molecule has 0 unspecified atom stereocenters. The maximum atomic E-state index is 5.40. The largest absolute Gasteiger partial charge is 0.379 e. The maximum absolute atomic E-state index is 5.40. The fourth-order valence-corrected chi connectivity index (χ4v) is 3.31. The van der Waals surface area contributed by atoms with E-state index in [1.54, 1.807) is 11.3 Å². The molecule has 8 nitrogen and oxygen atoms in total. The van der Waals surface area contributed by atoms with E-state index < -0.39 is 0 Å². The van der Waals surface area contributed by atoms with Crippen LogP contribution in [0.3, 0.4) is 0 Å². The van der Waals surface area contributed by atoms with Gasteiger partial charge in [-0.05, 0) is 29.3 Å². The zero-order chi connectivity index (χ0) is 18.2. The second-order valence-electron chi connectivity index (χ2n) is 6.25. The molecule has 0 bridgehead atoms. The quantitative estimate of drug-likeness (QED) is 0.336. The van der Waals surface area contributed by atoms with Gasteiger partial charge < -0.3 is 19.9 Å². The fraction of sp³-hybridized carbons (Fsp3) is 0.588. The average Bonchev–Trinajstić information content (AvgIpc) is 3.29. The zero-order valence-corrected chi connectivity index (χ0v) is 19.0. The number of halogens is 1. The molecular weight excluding hydrogens is 477 g/mol. The summed E-state index contributed by atoms with van der Waals surface area (Å²) in [6, 6.07) is 2.10. The van der Waals surface area contributed by atoms with Crippen molar-refractivity contribution in [1.29, 1.82) is 0 Å². The molecule has 2 N–H and O–H groups in total. The Labute approximate surface area is 181 Å². The lowest BCUT2D eigenvalue weighted by atomic mass is 10.3. The number of guanidine groups is 1. The number of hydrogen-bond donors (Lipinski definition) is 2. The van der Waals surface area contributed by atoms with E-state index in [1.165, 1.54) is 5.56 Å². The Balaban J connectivity index is 0.00000261. The summed E-state index contributed by atoms with van der Waals surface area (Å²) in [6.07, 6.45) is 0. The number of nitrogens with one attached hydrogen (secondary N) is 2. The summed E-state index contributed by atoms with van der Waals surface area (Å²) >= 11 is 1.69. The number of aliphatic imine (C=N–C) groups is 1. The van der Waals surface area contributed by atoms with Crippen LogP contribution in [0.2, 0.25) is 0 Å². The molecular formula is C17H28IN7OS. The maximum Gasteiger partial charge on any atom is 0.192 e. The van der Waals surface area contributed by atoms with E-state index in [2.05, 4.69) is 42.6 Å². The molecule has 150 valence electrons. The summed E-state index contributed by atoms with van der Waals surface area (Å²) in [4.78, 5) is 7.10. The minimum Gasteiger partial charge on any atom is -0.379 e. The van der Waals surface area contributed by atoms with Crippen molar-refractivity contribution in [2.45, 2.75) is 20.0 Å². The SMILES string of the molecule is Cc1nnc(CNC(=NCc2ccsc2)NCCN2CCOCC2)n1C.I. The summed E-state index contributed by atoms with van der Waals surface area (Å²) in [5.74, 6) is 2.59. The molecule has 0 saturated carbocycles. The van der Waals surface area contributed by atoms with Crippen LogP contribution in [0.1, 0.15) is 17.2 Å². The zero-order valence-electron chi connectivity index (χ0n) is 15.8.